The largest absolute Gasteiger partial charge is 0.364 e. The summed E-state index contributed by atoms with van der Waals surface area (Å²) in [4.78, 5) is 23.3. The van der Waals surface area contributed by atoms with Gasteiger partial charge >= 0.3 is 0 Å². The van der Waals surface area contributed by atoms with E-state index in [9.17, 15) is 25.1 Å². The minimum atomic E-state index is -1.54. The van der Waals surface area contributed by atoms with E-state index in [1.165, 1.54) is 12.1 Å². The number of hydrogen-bond acceptors (Lipinski definition) is 5. The topological polar surface area (TPSA) is 118 Å². The molecule has 0 bridgehead atoms. The summed E-state index contributed by atoms with van der Waals surface area (Å²) in [5.41, 5.74) is 5.53. The maximum atomic E-state index is 12.9. The summed E-state index contributed by atoms with van der Waals surface area (Å²) in [5, 5.41) is 34.1. The van der Waals surface area contributed by atoms with Crippen LogP contribution >= 0.6 is 0 Å². The van der Waals surface area contributed by atoms with Crippen LogP contribution in [0.2, 0.25) is 0 Å². The highest BCUT2D eigenvalue weighted by Gasteiger charge is 2.15. The Labute approximate surface area is 224 Å². The van der Waals surface area contributed by atoms with Crippen LogP contribution in [0.5, 0.6) is 0 Å². The lowest BCUT2D eigenvalue weighted by Gasteiger charge is -2.14. The highest BCUT2D eigenvalue weighted by atomic mass is 16.6. The van der Waals surface area contributed by atoms with Crippen LogP contribution in [0, 0.1) is 10.1 Å². The summed E-state index contributed by atoms with van der Waals surface area (Å²) in [6.07, 6.45) is 0.446. The Bertz CT molecular complexity index is 1640. The van der Waals surface area contributed by atoms with Crippen molar-refractivity contribution in [2.24, 2.45) is 0 Å². The summed E-state index contributed by atoms with van der Waals surface area (Å²) in [6.45, 7) is 2.47. The molecule has 4 aromatic carbocycles. The number of aliphatic hydroxyl groups excluding tert-OH is 1. The van der Waals surface area contributed by atoms with Crippen molar-refractivity contribution in [2.45, 2.75) is 25.8 Å². The van der Waals surface area contributed by atoms with E-state index in [0.29, 0.717) is 17.7 Å². The number of nitrogens with zero attached hydrogens (tertiary/aromatic N) is 2. The van der Waals surface area contributed by atoms with E-state index < -0.39 is 11.2 Å². The molecule has 1 amide bonds. The summed E-state index contributed by atoms with van der Waals surface area (Å²) in [7, 11) is 0. The Balaban J connectivity index is 1.28. The molecule has 0 fully saturated rings. The van der Waals surface area contributed by atoms with E-state index in [0.717, 1.165) is 33.2 Å². The van der Waals surface area contributed by atoms with Gasteiger partial charge in [0.2, 0.25) is 0 Å². The number of amides is 1. The highest BCUT2D eigenvalue weighted by Crippen LogP contribution is 2.28. The standard InChI is InChI=1S/C31H27N3O5/c1-20(22-10-13-26(14-11-22)34(38)39)32-30(35)25-12-15-29-24(18-25)16-17-33(29)19-21-6-8-23(9-7-21)27-4-2-3-5-28(27)31(36)37/h2-18,20,31,36-37H,19H2,1H3,(H,32,35)/t20-/m0/s1. The second-order valence-electron chi connectivity index (χ2n) is 9.42. The van der Waals surface area contributed by atoms with Crippen molar-refractivity contribution in [3.05, 3.63) is 136 Å². The van der Waals surface area contributed by atoms with Crippen LogP contribution in [0.15, 0.2) is 103 Å². The molecular weight excluding hydrogens is 494 g/mol. The third kappa shape index (κ3) is 5.57. The number of non-ortho nitro benzene ring substituents is 1. The molecule has 0 aliphatic carbocycles. The number of carbonyl (C=O) groups is 1. The first-order valence-electron chi connectivity index (χ1n) is 12.5. The molecular formula is C31H27N3O5. The Kier molecular flexibility index (Phi) is 7.23. The van der Waals surface area contributed by atoms with E-state index >= 15 is 0 Å². The van der Waals surface area contributed by atoms with Crippen molar-refractivity contribution in [2.75, 3.05) is 0 Å². The van der Waals surface area contributed by atoms with Gasteiger partial charge in [0.05, 0.1) is 11.0 Å². The number of nitro groups is 1. The van der Waals surface area contributed by atoms with Crippen LogP contribution in [0.25, 0.3) is 22.0 Å². The highest BCUT2D eigenvalue weighted by molar-refractivity contribution is 5.98. The summed E-state index contributed by atoms with van der Waals surface area (Å²) >= 11 is 0. The molecule has 1 heterocycles. The Morgan fingerprint density at radius 1 is 0.949 bits per heavy atom. The van der Waals surface area contributed by atoms with Crippen LogP contribution < -0.4 is 5.32 Å². The van der Waals surface area contributed by atoms with Gasteiger partial charge in [-0.05, 0) is 53.4 Å². The molecule has 0 saturated carbocycles. The molecule has 5 rings (SSSR count). The zero-order valence-electron chi connectivity index (χ0n) is 21.2. The smallest absolute Gasteiger partial charge is 0.269 e. The van der Waals surface area contributed by atoms with E-state index in [2.05, 4.69) is 9.88 Å². The Morgan fingerprint density at radius 3 is 2.36 bits per heavy atom. The SMILES string of the molecule is C[C@H](NC(=O)c1ccc2c(ccn2Cc2ccc(-c3ccccc3C(O)O)cc2)c1)c1ccc([N+](=O)[O-])cc1. The molecule has 8 nitrogen and oxygen atoms in total. The number of carbonyl (C=O) groups excluding carboxylic acids is 1. The molecule has 0 aliphatic rings. The van der Waals surface area contributed by atoms with Crippen molar-refractivity contribution in [3.63, 3.8) is 0 Å². The lowest BCUT2D eigenvalue weighted by molar-refractivity contribution is -0.384. The van der Waals surface area contributed by atoms with Crippen LogP contribution in [-0.4, -0.2) is 25.6 Å². The van der Waals surface area contributed by atoms with Gasteiger partial charge in [0.1, 0.15) is 0 Å². The first-order valence-corrected chi connectivity index (χ1v) is 12.5. The van der Waals surface area contributed by atoms with Crippen LogP contribution in [0.4, 0.5) is 5.69 Å². The minimum absolute atomic E-state index is 0.00931. The van der Waals surface area contributed by atoms with Gasteiger partial charge in [0.15, 0.2) is 6.29 Å². The van der Waals surface area contributed by atoms with Crippen molar-refractivity contribution >= 4 is 22.5 Å². The van der Waals surface area contributed by atoms with Crippen molar-refractivity contribution in [1.29, 1.82) is 0 Å². The van der Waals surface area contributed by atoms with Gasteiger partial charge in [-0.15, -0.1) is 0 Å². The molecule has 1 aromatic heterocycles. The number of nitrogens with one attached hydrogen (secondary N) is 1. The van der Waals surface area contributed by atoms with Gasteiger partial charge in [-0.25, -0.2) is 0 Å². The Hall–Kier alpha value is -4.79. The van der Waals surface area contributed by atoms with Crippen molar-refractivity contribution in [1.82, 2.24) is 9.88 Å². The third-order valence-corrected chi connectivity index (χ3v) is 6.84. The fraction of sp³-hybridized carbons (Fsp3) is 0.129. The molecule has 0 spiro atoms. The fourth-order valence-electron chi connectivity index (χ4n) is 4.70. The first kappa shape index (κ1) is 25.8. The molecule has 3 N–H and O–H groups in total. The van der Waals surface area contributed by atoms with E-state index in [1.807, 2.05) is 67.7 Å². The maximum Gasteiger partial charge on any atom is 0.269 e. The first-order chi connectivity index (χ1) is 18.8. The summed E-state index contributed by atoms with van der Waals surface area (Å²) in [6, 6.07) is 28.6. The number of aliphatic hydroxyl groups is 2. The predicted molar refractivity (Wildman–Crippen MR) is 149 cm³/mol. The number of hydrogen-bond donors (Lipinski definition) is 3. The zero-order valence-corrected chi connectivity index (χ0v) is 21.2. The van der Waals surface area contributed by atoms with Crippen molar-refractivity contribution < 1.29 is 19.9 Å². The monoisotopic (exact) mass is 521 g/mol. The fourth-order valence-corrected chi connectivity index (χ4v) is 4.70. The van der Waals surface area contributed by atoms with Gasteiger partial charge in [0, 0.05) is 46.9 Å². The average Bonchev–Trinajstić information content (AvgIpc) is 3.35. The second kappa shape index (κ2) is 10.9. The van der Waals surface area contributed by atoms with Crippen LogP contribution in [0.1, 0.15) is 46.3 Å². The number of rotatable bonds is 8. The minimum Gasteiger partial charge on any atom is -0.364 e. The summed E-state index contributed by atoms with van der Waals surface area (Å²) < 4.78 is 2.11. The number of benzene rings is 4. The zero-order chi connectivity index (χ0) is 27.5. The van der Waals surface area contributed by atoms with Gasteiger partial charge < -0.3 is 20.1 Å². The van der Waals surface area contributed by atoms with Crippen LogP contribution in [-0.2, 0) is 6.54 Å². The second-order valence-corrected chi connectivity index (χ2v) is 9.42. The lowest BCUT2D eigenvalue weighted by atomic mass is 9.98. The molecule has 0 saturated heterocycles. The predicted octanol–water partition coefficient (Wildman–Crippen LogP) is 5.74. The molecule has 5 aromatic rings. The Morgan fingerprint density at radius 2 is 1.67 bits per heavy atom. The molecule has 196 valence electrons. The molecule has 1 atom stereocenters. The normalized spacial score (nSPS) is 12.0. The average molecular weight is 522 g/mol. The van der Waals surface area contributed by atoms with Gasteiger partial charge in [-0.2, -0.15) is 0 Å². The van der Waals surface area contributed by atoms with Crippen LogP contribution in [0.3, 0.4) is 0 Å². The lowest BCUT2D eigenvalue weighted by Crippen LogP contribution is -2.26. The van der Waals surface area contributed by atoms with E-state index in [1.54, 1.807) is 30.3 Å². The van der Waals surface area contributed by atoms with Gasteiger partial charge in [-0.1, -0.05) is 60.7 Å². The molecule has 0 unspecified atom stereocenters. The third-order valence-electron chi connectivity index (χ3n) is 6.84. The van der Waals surface area contributed by atoms with Gasteiger partial charge in [-0.3, -0.25) is 14.9 Å². The number of nitro benzene ring substituents is 1. The van der Waals surface area contributed by atoms with Crippen molar-refractivity contribution in [3.8, 4) is 11.1 Å². The summed E-state index contributed by atoms with van der Waals surface area (Å²) in [5.74, 6) is -0.223. The number of aromatic nitrogens is 1. The molecule has 0 aliphatic heterocycles. The maximum absolute atomic E-state index is 12.9. The molecule has 8 heteroatoms. The number of fused-ring (bicyclic) bond motifs is 1. The molecule has 0 radical (unpaired) electrons. The van der Waals surface area contributed by atoms with E-state index in [4.69, 9.17) is 0 Å². The van der Waals surface area contributed by atoms with E-state index in [-0.39, 0.29) is 17.6 Å². The van der Waals surface area contributed by atoms with Gasteiger partial charge in [0.25, 0.3) is 11.6 Å². The molecule has 39 heavy (non-hydrogen) atoms. The quantitative estimate of drug-likeness (QED) is 0.137.